The number of ether oxygens (including phenoxy) is 2. The average Bonchev–Trinajstić information content (AvgIpc) is 2.62. The number of hydrazone groups is 1. The molecule has 124 valence electrons. The summed E-state index contributed by atoms with van der Waals surface area (Å²) >= 11 is 0. The number of hydrogen-bond donors (Lipinski definition) is 1. The number of carbonyl (C=O) groups excluding carboxylic acids is 1. The van der Waals surface area contributed by atoms with Crippen LogP contribution < -0.4 is 10.2 Å². The van der Waals surface area contributed by atoms with Crippen molar-refractivity contribution in [1.29, 1.82) is 0 Å². The van der Waals surface area contributed by atoms with Gasteiger partial charge in [-0.3, -0.25) is 4.79 Å². The first-order chi connectivity index (χ1) is 11.8. The average molecular weight is 324 g/mol. The number of methoxy groups -OCH3 is 1. The molecule has 0 heterocycles. The summed E-state index contributed by atoms with van der Waals surface area (Å²) in [6.45, 7) is 4.02. The monoisotopic (exact) mass is 324 g/mol. The zero-order valence-corrected chi connectivity index (χ0v) is 13.5. The third-order valence-corrected chi connectivity index (χ3v) is 3.23. The van der Waals surface area contributed by atoms with Crippen LogP contribution in [0.2, 0.25) is 0 Å². The summed E-state index contributed by atoms with van der Waals surface area (Å²) < 4.78 is 10.8. The molecule has 5 heteroatoms. The van der Waals surface area contributed by atoms with Crippen LogP contribution >= 0.6 is 0 Å². The van der Waals surface area contributed by atoms with Gasteiger partial charge in [-0.05, 0) is 17.7 Å². The van der Waals surface area contributed by atoms with Crippen LogP contribution in [0.25, 0.3) is 0 Å². The Morgan fingerprint density at radius 3 is 2.62 bits per heavy atom. The molecule has 2 aromatic rings. The van der Waals surface area contributed by atoms with Gasteiger partial charge in [0.15, 0.2) is 6.10 Å². The van der Waals surface area contributed by atoms with Crippen LogP contribution in [-0.2, 0) is 9.53 Å². The van der Waals surface area contributed by atoms with E-state index in [-0.39, 0.29) is 5.91 Å². The summed E-state index contributed by atoms with van der Waals surface area (Å²) in [6, 6.07) is 16.7. The Morgan fingerprint density at radius 2 is 1.92 bits per heavy atom. The highest BCUT2D eigenvalue weighted by Gasteiger charge is 2.19. The Labute approximate surface area is 141 Å². The van der Waals surface area contributed by atoms with Gasteiger partial charge in [0, 0.05) is 12.7 Å². The predicted molar refractivity (Wildman–Crippen MR) is 94.1 cm³/mol. The van der Waals surface area contributed by atoms with E-state index in [1.165, 1.54) is 13.3 Å². The molecule has 0 aromatic heterocycles. The van der Waals surface area contributed by atoms with E-state index in [1.807, 2.05) is 54.6 Å². The Bertz CT molecular complexity index is 699. The third-order valence-electron chi connectivity index (χ3n) is 3.23. The Hall–Kier alpha value is -2.92. The number of nitrogens with zero attached hydrogens (tertiary/aromatic N) is 1. The van der Waals surface area contributed by atoms with Gasteiger partial charge in [0.05, 0.1) is 6.21 Å². The van der Waals surface area contributed by atoms with Gasteiger partial charge in [0.25, 0.3) is 5.91 Å². The first-order valence-corrected chi connectivity index (χ1v) is 7.49. The Balaban J connectivity index is 2.03. The maximum atomic E-state index is 12.2. The molecule has 2 rings (SSSR count). The Kier molecular flexibility index (Phi) is 6.73. The summed E-state index contributed by atoms with van der Waals surface area (Å²) in [7, 11) is 1.49. The molecule has 24 heavy (non-hydrogen) atoms. The topological polar surface area (TPSA) is 59.9 Å². The van der Waals surface area contributed by atoms with Gasteiger partial charge < -0.3 is 9.47 Å². The van der Waals surface area contributed by atoms with E-state index in [9.17, 15) is 4.79 Å². The number of carbonyl (C=O) groups is 1. The van der Waals surface area contributed by atoms with Gasteiger partial charge in [0.1, 0.15) is 12.4 Å². The molecule has 0 radical (unpaired) electrons. The minimum Gasteiger partial charge on any atom is -0.489 e. The van der Waals surface area contributed by atoms with Crippen molar-refractivity contribution in [3.8, 4) is 5.75 Å². The van der Waals surface area contributed by atoms with Crippen molar-refractivity contribution in [2.45, 2.75) is 6.10 Å². The van der Waals surface area contributed by atoms with Crippen molar-refractivity contribution < 1.29 is 14.3 Å². The van der Waals surface area contributed by atoms with Crippen molar-refractivity contribution >= 4 is 12.1 Å². The van der Waals surface area contributed by atoms with Crippen LogP contribution in [0.1, 0.15) is 17.2 Å². The van der Waals surface area contributed by atoms with Crippen molar-refractivity contribution in [2.75, 3.05) is 13.7 Å². The van der Waals surface area contributed by atoms with Crippen LogP contribution in [-0.4, -0.2) is 25.8 Å². The van der Waals surface area contributed by atoms with E-state index in [2.05, 4.69) is 17.1 Å². The van der Waals surface area contributed by atoms with Crippen LogP contribution in [0.5, 0.6) is 5.75 Å². The van der Waals surface area contributed by atoms with Gasteiger partial charge >= 0.3 is 0 Å². The van der Waals surface area contributed by atoms with Crippen molar-refractivity contribution in [3.05, 3.63) is 78.4 Å². The molecule has 0 aliphatic heterocycles. The second kappa shape index (κ2) is 9.27. The molecule has 2 aromatic carbocycles. The first kappa shape index (κ1) is 17.4. The highest BCUT2D eigenvalue weighted by Crippen LogP contribution is 2.17. The van der Waals surface area contributed by atoms with E-state index in [1.54, 1.807) is 6.08 Å². The molecule has 0 saturated heterocycles. The SMILES string of the molecule is C=CCOc1ccccc1/C=N\NC(=O)[C@@H](OC)c1ccccc1. The van der Waals surface area contributed by atoms with E-state index < -0.39 is 6.10 Å². The lowest BCUT2D eigenvalue weighted by Gasteiger charge is -2.13. The largest absolute Gasteiger partial charge is 0.489 e. The summed E-state index contributed by atoms with van der Waals surface area (Å²) in [6.07, 6.45) is 2.49. The van der Waals surface area contributed by atoms with Gasteiger partial charge in [-0.25, -0.2) is 5.43 Å². The smallest absolute Gasteiger partial charge is 0.273 e. The lowest BCUT2D eigenvalue weighted by molar-refractivity contribution is -0.131. The summed E-state index contributed by atoms with van der Waals surface area (Å²) in [5.41, 5.74) is 4.02. The predicted octanol–water partition coefficient (Wildman–Crippen LogP) is 3.09. The lowest BCUT2D eigenvalue weighted by atomic mass is 10.1. The van der Waals surface area contributed by atoms with Gasteiger partial charge in [-0.15, -0.1) is 0 Å². The first-order valence-electron chi connectivity index (χ1n) is 7.49. The summed E-state index contributed by atoms with van der Waals surface area (Å²) in [5.74, 6) is 0.325. The molecular weight excluding hydrogens is 304 g/mol. The standard InChI is InChI=1S/C19H20N2O3/c1-3-13-24-17-12-8-7-11-16(17)14-20-21-19(22)18(23-2)15-9-5-4-6-10-15/h3-12,14,18H,1,13H2,2H3,(H,21,22)/b20-14-/t18-/m0/s1. The van der Waals surface area contributed by atoms with Gasteiger partial charge in [0.2, 0.25) is 0 Å². The van der Waals surface area contributed by atoms with E-state index in [0.29, 0.717) is 12.4 Å². The van der Waals surface area contributed by atoms with Gasteiger partial charge in [-0.2, -0.15) is 5.10 Å². The molecule has 5 nitrogen and oxygen atoms in total. The fourth-order valence-corrected chi connectivity index (χ4v) is 2.11. The minimum absolute atomic E-state index is 0.343. The zero-order valence-electron chi connectivity index (χ0n) is 13.5. The molecule has 0 aliphatic carbocycles. The lowest BCUT2D eigenvalue weighted by Crippen LogP contribution is -2.26. The van der Waals surface area contributed by atoms with Gasteiger partial charge in [-0.1, -0.05) is 55.1 Å². The molecule has 1 N–H and O–H groups in total. The number of rotatable bonds is 8. The molecule has 0 fully saturated rings. The van der Waals surface area contributed by atoms with Crippen LogP contribution in [0.3, 0.4) is 0 Å². The van der Waals surface area contributed by atoms with Crippen molar-refractivity contribution in [3.63, 3.8) is 0 Å². The molecule has 0 saturated carbocycles. The number of amides is 1. The summed E-state index contributed by atoms with van der Waals surface area (Å²) in [4.78, 5) is 12.2. The second-order valence-electron chi connectivity index (χ2n) is 4.90. The van der Waals surface area contributed by atoms with Crippen LogP contribution in [0, 0.1) is 0 Å². The molecular formula is C19H20N2O3. The summed E-state index contributed by atoms with van der Waals surface area (Å²) in [5, 5.41) is 3.99. The Morgan fingerprint density at radius 1 is 1.21 bits per heavy atom. The van der Waals surface area contributed by atoms with Crippen LogP contribution in [0.4, 0.5) is 0 Å². The quantitative estimate of drug-likeness (QED) is 0.461. The number of benzene rings is 2. The molecule has 1 atom stereocenters. The maximum absolute atomic E-state index is 12.2. The normalized spacial score (nSPS) is 11.9. The van der Waals surface area contributed by atoms with Crippen LogP contribution in [0.15, 0.2) is 72.4 Å². The molecule has 0 unspecified atom stereocenters. The van der Waals surface area contributed by atoms with E-state index in [0.717, 1.165) is 11.1 Å². The van der Waals surface area contributed by atoms with Crippen molar-refractivity contribution in [1.82, 2.24) is 5.43 Å². The molecule has 0 bridgehead atoms. The number of nitrogens with one attached hydrogen (secondary N) is 1. The van der Waals surface area contributed by atoms with E-state index >= 15 is 0 Å². The second-order valence-corrected chi connectivity index (χ2v) is 4.90. The number of para-hydroxylation sites is 1. The maximum Gasteiger partial charge on any atom is 0.273 e. The minimum atomic E-state index is -0.712. The molecule has 0 aliphatic rings. The highest BCUT2D eigenvalue weighted by atomic mass is 16.5. The number of hydrogen-bond acceptors (Lipinski definition) is 4. The molecule has 1 amide bonds. The molecule has 0 spiro atoms. The fraction of sp³-hybridized carbons (Fsp3) is 0.158. The third kappa shape index (κ3) is 4.79. The highest BCUT2D eigenvalue weighted by molar-refractivity contribution is 5.86. The van der Waals surface area contributed by atoms with Crippen molar-refractivity contribution in [2.24, 2.45) is 5.10 Å². The van der Waals surface area contributed by atoms with E-state index in [4.69, 9.17) is 9.47 Å². The zero-order chi connectivity index (χ0) is 17.2. The fourth-order valence-electron chi connectivity index (χ4n) is 2.11.